The second-order valence-corrected chi connectivity index (χ2v) is 13.4. The second-order valence-electron chi connectivity index (χ2n) is 10.1. The molecule has 0 spiro atoms. The van der Waals surface area contributed by atoms with Crippen molar-refractivity contribution in [2.24, 2.45) is 5.73 Å². The van der Waals surface area contributed by atoms with Crippen molar-refractivity contribution >= 4 is 48.4 Å². The van der Waals surface area contributed by atoms with E-state index >= 15 is 0 Å². The molecule has 0 bridgehead atoms. The van der Waals surface area contributed by atoms with Gasteiger partial charge in [0, 0.05) is 6.04 Å². The topological polar surface area (TPSA) is 159 Å². The maximum atomic E-state index is 13.6. The average molecular weight is 609 g/mol. The minimum Gasteiger partial charge on any atom is -0.368 e. The van der Waals surface area contributed by atoms with Crippen LogP contribution in [0.3, 0.4) is 0 Å². The number of thiophene rings is 1. The Hall–Kier alpha value is -4.05. The van der Waals surface area contributed by atoms with Crippen molar-refractivity contribution in [3.05, 3.63) is 100 Å². The number of hydrogen-bond acceptors (Lipinski definition) is 6. The van der Waals surface area contributed by atoms with Crippen molar-refractivity contribution in [3.63, 3.8) is 0 Å². The van der Waals surface area contributed by atoms with E-state index in [-0.39, 0.29) is 12.8 Å². The number of primary amides is 1. The van der Waals surface area contributed by atoms with Crippen LogP contribution in [-0.2, 0) is 18.9 Å². The van der Waals surface area contributed by atoms with Crippen LogP contribution in [-0.4, -0.2) is 57.7 Å². The summed E-state index contributed by atoms with van der Waals surface area (Å²) in [4.78, 5) is 64.2. The highest BCUT2D eigenvalue weighted by Crippen LogP contribution is 2.54. The predicted molar refractivity (Wildman–Crippen MR) is 162 cm³/mol. The van der Waals surface area contributed by atoms with Crippen molar-refractivity contribution in [3.8, 4) is 0 Å². The van der Waals surface area contributed by atoms with Gasteiger partial charge in [-0.25, -0.2) is 0 Å². The lowest BCUT2D eigenvalue weighted by molar-refractivity contribution is -0.139. The van der Waals surface area contributed by atoms with Crippen LogP contribution in [0.2, 0.25) is 0 Å². The summed E-state index contributed by atoms with van der Waals surface area (Å²) in [6.07, 6.45) is 3.17. The van der Waals surface area contributed by atoms with Gasteiger partial charge in [-0.05, 0) is 42.3 Å². The van der Waals surface area contributed by atoms with Crippen molar-refractivity contribution in [2.45, 2.75) is 43.7 Å². The van der Waals surface area contributed by atoms with Crippen LogP contribution >= 0.6 is 18.7 Å². The number of carbonyl (C=O) groups is 4. The lowest BCUT2D eigenvalue weighted by Crippen LogP contribution is -2.51. The summed E-state index contributed by atoms with van der Waals surface area (Å²) in [5.41, 5.74) is 6.95. The number of rotatable bonds is 12. The Morgan fingerprint density at radius 3 is 2.38 bits per heavy atom. The van der Waals surface area contributed by atoms with Gasteiger partial charge < -0.3 is 26.2 Å². The molecule has 5 atom stereocenters. The van der Waals surface area contributed by atoms with Gasteiger partial charge in [0.1, 0.15) is 24.0 Å². The lowest BCUT2D eigenvalue weighted by atomic mass is 10.1. The molecule has 220 valence electrons. The number of benzene rings is 2. The standard InChI is InChI=1S/C30H33N4O6PS/c1-20-18-23(30(38)34(20)24(27(31)36)15-8-12-21-10-4-2-5-11-21)32-26(35)19-41(39,40)29(22-13-6-3-7-14-22)33-28(37)25-16-9-17-42-25/h2-14,16-17,20,23-24,29H,15,18-19H2,1H3,(H2,31,36)(H,32,35)(H,33,37)(H,39,40)/b12-8+/t20?,23-,24-,29?/m0/s1. The molecule has 4 amide bonds. The Morgan fingerprint density at radius 2 is 1.76 bits per heavy atom. The molecule has 42 heavy (non-hydrogen) atoms. The molecule has 1 fully saturated rings. The molecule has 3 unspecified atom stereocenters. The number of nitrogens with one attached hydrogen (secondary N) is 2. The third kappa shape index (κ3) is 7.61. The van der Waals surface area contributed by atoms with E-state index in [2.05, 4.69) is 10.6 Å². The van der Waals surface area contributed by atoms with Gasteiger partial charge in [-0.2, -0.15) is 0 Å². The Labute approximate surface area is 248 Å². The van der Waals surface area contributed by atoms with Crippen LogP contribution in [0.15, 0.2) is 84.3 Å². The third-order valence-corrected chi connectivity index (χ3v) is 9.82. The van der Waals surface area contributed by atoms with E-state index in [9.17, 15) is 28.6 Å². The van der Waals surface area contributed by atoms with E-state index in [1.165, 1.54) is 16.2 Å². The largest absolute Gasteiger partial charge is 0.368 e. The summed E-state index contributed by atoms with van der Waals surface area (Å²) in [6, 6.07) is 18.7. The van der Waals surface area contributed by atoms with Gasteiger partial charge in [0.15, 0.2) is 0 Å². The fraction of sp³-hybridized carbons (Fsp3) is 0.267. The first kappa shape index (κ1) is 30.9. The first-order chi connectivity index (χ1) is 20.1. The normalized spacial score (nSPS) is 19.7. The zero-order chi connectivity index (χ0) is 30.3. The minimum absolute atomic E-state index is 0.190. The highest BCUT2D eigenvalue weighted by Gasteiger charge is 2.44. The monoisotopic (exact) mass is 608 g/mol. The lowest BCUT2D eigenvalue weighted by Gasteiger charge is -2.28. The highest BCUT2D eigenvalue weighted by atomic mass is 32.1. The number of carbonyl (C=O) groups excluding carboxylic acids is 4. The molecule has 2 heterocycles. The molecule has 12 heteroatoms. The molecule has 5 N–H and O–H groups in total. The summed E-state index contributed by atoms with van der Waals surface area (Å²) < 4.78 is 13.6. The van der Waals surface area contributed by atoms with Gasteiger partial charge in [0.05, 0.1) is 4.88 Å². The van der Waals surface area contributed by atoms with Crippen LogP contribution in [0.4, 0.5) is 0 Å². The maximum absolute atomic E-state index is 13.6. The van der Waals surface area contributed by atoms with Crippen molar-refractivity contribution in [1.82, 2.24) is 15.5 Å². The molecule has 0 aliphatic carbocycles. The molecule has 1 aliphatic heterocycles. The highest BCUT2D eigenvalue weighted by molar-refractivity contribution is 7.59. The first-order valence-corrected chi connectivity index (χ1v) is 16.2. The van der Waals surface area contributed by atoms with Gasteiger partial charge in [0.2, 0.25) is 25.1 Å². The van der Waals surface area contributed by atoms with Crippen LogP contribution in [0.1, 0.15) is 46.3 Å². The van der Waals surface area contributed by atoms with Crippen molar-refractivity contribution in [1.29, 1.82) is 0 Å². The van der Waals surface area contributed by atoms with Crippen molar-refractivity contribution in [2.75, 3.05) is 6.16 Å². The summed E-state index contributed by atoms with van der Waals surface area (Å²) in [5, 5.41) is 6.88. The molecule has 0 saturated carbocycles. The summed E-state index contributed by atoms with van der Waals surface area (Å²) in [7, 11) is -4.37. The number of amides is 4. The molecular formula is C30H33N4O6PS. The Balaban J connectivity index is 1.44. The fourth-order valence-corrected chi connectivity index (χ4v) is 7.26. The Morgan fingerprint density at radius 1 is 1.10 bits per heavy atom. The minimum atomic E-state index is -4.37. The molecular weight excluding hydrogens is 575 g/mol. The molecule has 1 saturated heterocycles. The molecule has 0 radical (unpaired) electrons. The number of hydrogen-bond donors (Lipinski definition) is 4. The molecule has 2 aromatic carbocycles. The van der Waals surface area contributed by atoms with Gasteiger partial charge in [-0.3, -0.25) is 23.7 Å². The van der Waals surface area contributed by atoms with E-state index in [4.69, 9.17) is 5.73 Å². The second kappa shape index (κ2) is 13.7. The predicted octanol–water partition coefficient (Wildman–Crippen LogP) is 3.51. The Kier molecular flexibility index (Phi) is 10.1. The number of likely N-dealkylation sites (tertiary alicyclic amines) is 1. The number of nitrogens with two attached hydrogens (primary N) is 1. The maximum Gasteiger partial charge on any atom is 0.262 e. The van der Waals surface area contributed by atoms with E-state index in [1.54, 1.807) is 60.8 Å². The average Bonchev–Trinajstić information content (AvgIpc) is 3.59. The zero-order valence-electron chi connectivity index (χ0n) is 23.0. The summed E-state index contributed by atoms with van der Waals surface area (Å²) >= 11 is 1.18. The molecule has 1 aromatic heterocycles. The van der Waals surface area contributed by atoms with E-state index in [0.29, 0.717) is 10.4 Å². The third-order valence-electron chi connectivity index (χ3n) is 6.97. The zero-order valence-corrected chi connectivity index (χ0v) is 24.7. The fourth-order valence-electron chi connectivity index (χ4n) is 4.99. The van der Waals surface area contributed by atoms with Gasteiger partial charge in [0.25, 0.3) is 5.91 Å². The SMILES string of the molecule is CC1C[C@H](NC(=O)CP(=O)(O)C(NC(=O)c2cccs2)c2ccccc2)C(=O)N1[C@@H](C/C=C/c1ccccc1)C(N)=O. The molecule has 3 aromatic rings. The van der Waals surface area contributed by atoms with Gasteiger partial charge in [-0.1, -0.05) is 78.9 Å². The van der Waals surface area contributed by atoms with Crippen LogP contribution in [0.25, 0.3) is 6.08 Å². The quantitative estimate of drug-likeness (QED) is 0.230. The summed E-state index contributed by atoms with van der Waals surface area (Å²) in [6.45, 7) is 1.75. The van der Waals surface area contributed by atoms with E-state index < -0.39 is 61.1 Å². The Bertz CT molecular complexity index is 1480. The summed E-state index contributed by atoms with van der Waals surface area (Å²) in [5.74, 6) is -3.87. The van der Waals surface area contributed by atoms with Crippen molar-refractivity contribution < 1.29 is 28.6 Å². The van der Waals surface area contributed by atoms with Gasteiger partial charge >= 0.3 is 0 Å². The van der Waals surface area contributed by atoms with Crippen LogP contribution in [0, 0.1) is 0 Å². The molecule has 1 aliphatic rings. The van der Waals surface area contributed by atoms with Crippen LogP contribution < -0.4 is 16.4 Å². The molecule has 10 nitrogen and oxygen atoms in total. The van der Waals surface area contributed by atoms with E-state index in [0.717, 1.165) is 5.56 Å². The van der Waals surface area contributed by atoms with Gasteiger partial charge in [-0.15, -0.1) is 11.3 Å². The first-order valence-electron chi connectivity index (χ1n) is 13.4. The molecule has 4 rings (SSSR count). The number of nitrogens with zero attached hydrogens (tertiary/aromatic N) is 1. The van der Waals surface area contributed by atoms with Crippen LogP contribution in [0.5, 0.6) is 0 Å². The smallest absolute Gasteiger partial charge is 0.262 e. The van der Waals surface area contributed by atoms with E-state index in [1.807, 2.05) is 36.4 Å².